The molecule has 98 valence electrons. The van der Waals surface area contributed by atoms with E-state index in [1.807, 2.05) is 0 Å². The van der Waals surface area contributed by atoms with Gasteiger partial charge in [0.15, 0.2) is 0 Å². The Bertz CT molecular complexity index is 587. The molecule has 0 atom stereocenters. The molecule has 2 rings (SSSR count). The van der Waals surface area contributed by atoms with Crippen LogP contribution < -0.4 is 10.6 Å². The second-order valence-electron chi connectivity index (χ2n) is 3.92. The highest BCUT2D eigenvalue weighted by Gasteiger charge is 2.06. The van der Waals surface area contributed by atoms with Gasteiger partial charge >= 0.3 is 6.03 Å². The lowest BCUT2D eigenvalue weighted by atomic mass is 10.2. The minimum absolute atomic E-state index is 0.107. The second-order valence-corrected chi connectivity index (χ2v) is 3.92. The second kappa shape index (κ2) is 5.97. The maximum absolute atomic E-state index is 13.3. The number of halogens is 1. The highest BCUT2D eigenvalue weighted by atomic mass is 19.1. The fourth-order valence-electron chi connectivity index (χ4n) is 1.59. The van der Waals surface area contributed by atoms with Gasteiger partial charge in [0, 0.05) is 5.69 Å². The molecule has 0 saturated heterocycles. The van der Waals surface area contributed by atoms with Crippen molar-refractivity contribution >= 4 is 17.4 Å². The Kier molecular flexibility index (Phi) is 4.10. The number of anilines is 2. The number of carbonyl (C=O) groups excluding carboxylic acids is 1. The van der Waals surface area contributed by atoms with Gasteiger partial charge in [0.05, 0.1) is 12.3 Å². The van der Waals surface area contributed by atoms with Gasteiger partial charge in [0.25, 0.3) is 0 Å². The van der Waals surface area contributed by atoms with Crippen molar-refractivity contribution in [2.45, 2.75) is 6.61 Å². The molecule has 0 aliphatic rings. The van der Waals surface area contributed by atoms with Crippen LogP contribution in [0.25, 0.3) is 0 Å². The monoisotopic (exact) mass is 260 g/mol. The first-order valence-corrected chi connectivity index (χ1v) is 5.71. The third kappa shape index (κ3) is 3.53. The van der Waals surface area contributed by atoms with Crippen LogP contribution in [0.5, 0.6) is 0 Å². The smallest absolute Gasteiger partial charge is 0.323 e. The van der Waals surface area contributed by atoms with Crippen molar-refractivity contribution in [2.24, 2.45) is 0 Å². The van der Waals surface area contributed by atoms with E-state index >= 15 is 0 Å². The largest absolute Gasteiger partial charge is 0.392 e. The summed E-state index contributed by atoms with van der Waals surface area (Å²) in [4.78, 5) is 11.7. The van der Waals surface area contributed by atoms with Crippen LogP contribution in [0.4, 0.5) is 20.6 Å². The Morgan fingerprint density at radius 3 is 2.63 bits per heavy atom. The Morgan fingerprint density at radius 2 is 1.89 bits per heavy atom. The van der Waals surface area contributed by atoms with E-state index in [0.29, 0.717) is 11.3 Å². The highest BCUT2D eigenvalue weighted by molar-refractivity contribution is 5.99. The first-order chi connectivity index (χ1) is 9.19. The number of aliphatic hydroxyl groups is 1. The molecule has 0 fully saturated rings. The average Bonchev–Trinajstić information content (AvgIpc) is 2.41. The van der Waals surface area contributed by atoms with E-state index in [4.69, 9.17) is 5.11 Å². The fraction of sp³-hybridized carbons (Fsp3) is 0.0714. The molecule has 3 N–H and O–H groups in total. The van der Waals surface area contributed by atoms with Gasteiger partial charge in [-0.2, -0.15) is 0 Å². The van der Waals surface area contributed by atoms with Gasteiger partial charge in [-0.15, -0.1) is 0 Å². The quantitative estimate of drug-likeness (QED) is 0.794. The van der Waals surface area contributed by atoms with E-state index in [0.717, 1.165) is 0 Å². The van der Waals surface area contributed by atoms with Gasteiger partial charge in [0.1, 0.15) is 5.82 Å². The van der Waals surface area contributed by atoms with E-state index in [1.54, 1.807) is 36.4 Å². The third-order valence-electron chi connectivity index (χ3n) is 2.49. The lowest BCUT2D eigenvalue weighted by Crippen LogP contribution is -2.20. The van der Waals surface area contributed by atoms with Crippen LogP contribution in [-0.4, -0.2) is 11.1 Å². The molecule has 0 unspecified atom stereocenters. The molecule has 0 aromatic heterocycles. The molecule has 0 spiro atoms. The van der Waals surface area contributed by atoms with Crippen LogP contribution in [0.15, 0.2) is 48.5 Å². The van der Waals surface area contributed by atoms with Gasteiger partial charge in [-0.1, -0.05) is 24.3 Å². The zero-order chi connectivity index (χ0) is 13.7. The molecule has 5 heteroatoms. The van der Waals surface area contributed by atoms with Crippen molar-refractivity contribution in [1.82, 2.24) is 0 Å². The van der Waals surface area contributed by atoms with Crippen molar-refractivity contribution in [3.05, 3.63) is 59.9 Å². The fourth-order valence-corrected chi connectivity index (χ4v) is 1.59. The molecule has 0 heterocycles. The third-order valence-corrected chi connectivity index (χ3v) is 2.49. The van der Waals surface area contributed by atoms with Crippen molar-refractivity contribution in [3.8, 4) is 0 Å². The maximum atomic E-state index is 13.3. The van der Waals surface area contributed by atoms with Crippen LogP contribution in [-0.2, 0) is 6.61 Å². The predicted octanol–water partition coefficient (Wildman–Crippen LogP) is 2.96. The van der Waals surface area contributed by atoms with Gasteiger partial charge in [-0.05, 0) is 29.8 Å². The summed E-state index contributed by atoms with van der Waals surface area (Å²) in [5, 5.41) is 14.0. The SMILES string of the molecule is O=C(Nc1cccc(CO)c1)Nc1ccccc1F. The van der Waals surface area contributed by atoms with E-state index in [9.17, 15) is 9.18 Å². The average molecular weight is 260 g/mol. The van der Waals surface area contributed by atoms with Gasteiger partial charge < -0.3 is 15.7 Å². The summed E-state index contributed by atoms with van der Waals surface area (Å²) in [5.41, 5.74) is 1.32. The summed E-state index contributed by atoms with van der Waals surface area (Å²) >= 11 is 0. The van der Waals surface area contributed by atoms with E-state index in [2.05, 4.69) is 10.6 Å². The summed E-state index contributed by atoms with van der Waals surface area (Å²) in [6, 6.07) is 12.1. The van der Waals surface area contributed by atoms with E-state index in [-0.39, 0.29) is 12.3 Å². The Balaban J connectivity index is 2.03. The summed E-state index contributed by atoms with van der Waals surface area (Å²) in [6.07, 6.45) is 0. The van der Waals surface area contributed by atoms with Gasteiger partial charge in [-0.3, -0.25) is 0 Å². The topological polar surface area (TPSA) is 61.4 Å². The highest BCUT2D eigenvalue weighted by Crippen LogP contribution is 2.14. The van der Waals surface area contributed by atoms with Crippen LogP contribution >= 0.6 is 0 Å². The number of benzene rings is 2. The maximum Gasteiger partial charge on any atom is 0.323 e. The predicted molar refractivity (Wildman–Crippen MR) is 71.4 cm³/mol. The standard InChI is InChI=1S/C14H13FN2O2/c15-12-6-1-2-7-13(12)17-14(19)16-11-5-3-4-10(8-11)9-18/h1-8,18H,9H2,(H2,16,17,19). The van der Waals surface area contributed by atoms with Crippen molar-refractivity contribution < 1.29 is 14.3 Å². The number of nitrogens with one attached hydrogen (secondary N) is 2. The summed E-state index contributed by atoms with van der Waals surface area (Å²) < 4.78 is 13.3. The number of hydrogen-bond donors (Lipinski definition) is 3. The normalized spacial score (nSPS) is 10.0. The van der Waals surface area contributed by atoms with Crippen molar-refractivity contribution in [2.75, 3.05) is 10.6 Å². The zero-order valence-electron chi connectivity index (χ0n) is 10.1. The van der Waals surface area contributed by atoms with Crippen LogP contribution in [0.3, 0.4) is 0 Å². The number of rotatable bonds is 3. The number of amides is 2. The molecular formula is C14H13FN2O2. The van der Waals surface area contributed by atoms with E-state index < -0.39 is 11.8 Å². The first kappa shape index (κ1) is 13.0. The number of hydrogen-bond acceptors (Lipinski definition) is 2. The number of para-hydroxylation sites is 1. The Morgan fingerprint density at radius 1 is 1.11 bits per heavy atom. The number of aliphatic hydroxyl groups excluding tert-OH is 1. The molecule has 2 aromatic carbocycles. The summed E-state index contributed by atoms with van der Waals surface area (Å²) in [6.45, 7) is -0.107. The van der Waals surface area contributed by atoms with Gasteiger partial charge in [-0.25, -0.2) is 9.18 Å². The summed E-state index contributed by atoms with van der Waals surface area (Å²) in [7, 11) is 0. The molecule has 0 radical (unpaired) electrons. The molecule has 19 heavy (non-hydrogen) atoms. The molecule has 0 aliphatic heterocycles. The van der Waals surface area contributed by atoms with Crippen molar-refractivity contribution in [1.29, 1.82) is 0 Å². The number of urea groups is 1. The van der Waals surface area contributed by atoms with E-state index in [1.165, 1.54) is 12.1 Å². The Labute approximate surface area is 109 Å². The first-order valence-electron chi connectivity index (χ1n) is 5.71. The molecule has 2 amide bonds. The van der Waals surface area contributed by atoms with Crippen molar-refractivity contribution in [3.63, 3.8) is 0 Å². The molecule has 0 aliphatic carbocycles. The zero-order valence-corrected chi connectivity index (χ0v) is 10.1. The molecule has 0 saturated carbocycles. The molecular weight excluding hydrogens is 247 g/mol. The van der Waals surface area contributed by atoms with Crippen LogP contribution in [0, 0.1) is 5.82 Å². The minimum Gasteiger partial charge on any atom is -0.392 e. The Hall–Kier alpha value is -2.40. The lowest BCUT2D eigenvalue weighted by Gasteiger charge is -2.09. The molecule has 4 nitrogen and oxygen atoms in total. The van der Waals surface area contributed by atoms with Crippen LogP contribution in [0.1, 0.15) is 5.56 Å². The lowest BCUT2D eigenvalue weighted by molar-refractivity contribution is 0.262. The molecule has 2 aromatic rings. The number of carbonyl (C=O) groups is 1. The molecule has 0 bridgehead atoms. The van der Waals surface area contributed by atoms with Crippen LogP contribution in [0.2, 0.25) is 0 Å². The summed E-state index contributed by atoms with van der Waals surface area (Å²) in [5.74, 6) is -0.498. The minimum atomic E-state index is -0.541. The van der Waals surface area contributed by atoms with Gasteiger partial charge in [0.2, 0.25) is 0 Å².